The molecule has 2 fully saturated rings. The number of carbonyl (C=O) groups is 5. The van der Waals surface area contributed by atoms with Crippen molar-refractivity contribution in [2.24, 2.45) is 5.92 Å². The van der Waals surface area contributed by atoms with E-state index in [0.717, 1.165) is 31.2 Å². The predicted octanol–water partition coefficient (Wildman–Crippen LogP) is 9.54. The van der Waals surface area contributed by atoms with Crippen LogP contribution in [0, 0.1) is 5.92 Å². The van der Waals surface area contributed by atoms with E-state index >= 15 is 4.79 Å². The van der Waals surface area contributed by atoms with Crippen molar-refractivity contribution in [1.82, 2.24) is 5.32 Å². The van der Waals surface area contributed by atoms with Crippen LogP contribution in [0.3, 0.4) is 0 Å². The second-order valence-corrected chi connectivity index (χ2v) is 22.4. The molecule has 398 valence electrons. The second kappa shape index (κ2) is 25.0. The summed E-state index contributed by atoms with van der Waals surface area (Å²) in [6.07, 6.45) is 2.43. The van der Waals surface area contributed by atoms with E-state index in [-0.39, 0.29) is 25.3 Å². The largest absolute Gasteiger partial charge is 0.458 e. The molecular formula is C54H87NO15. The minimum absolute atomic E-state index is 0.0989. The number of aliphatic hydroxyl groups is 1. The third-order valence-electron chi connectivity index (χ3n) is 12.1. The lowest BCUT2D eigenvalue weighted by Crippen LogP contribution is -2.79. The Bertz CT molecular complexity index is 1900. The van der Waals surface area contributed by atoms with Crippen molar-refractivity contribution in [2.45, 2.75) is 244 Å². The highest BCUT2D eigenvalue weighted by atomic mass is 16.8. The van der Waals surface area contributed by atoms with Crippen LogP contribution in [0.15, 0.2) is 42.5 Å². The van der Waals surface area contributed by atoms with Crippen LogP contribution >= 0.6 is 0 Å². The molecule has 1 aromatic carbocycles. The Morgan fingerprint density at radius 3 is 1.81 bits per heavy atom. The standard InChI is InChI=1S/C54H87NO15/c1-17-18-19-20-21-22-23-24-25-29-34-55-47(60)64-42-41(65-51(14,15)62-16)52(33-32-36(2)40(63-38(4)56)37(3)35-39-30-27-26-28-31-39)66-43(44(57)67-48(5,6)7)53(61,45(58)68-49(8,9)10)54(42,70-52)46(59)69-50(11,12)13/h26-28,30-31,37,40-43,61H,2,17-25,29,32-35H2,1,3-16H3,(H,55,60)/t37?,40?,41-,42-,43-,52-,53-,54-/m1/s1. The highest BCUT2D eigenvalue weighted by Gasteiger charge is 2.87. The topological polar surface area (TPSA) is 201 Å². The smallest absolute Gasteiger partial charge is 0.407 e. The molecule has 2 N–H and O–H groups in total. The zero-order valence-corrected chi connectivity index (χ0v) is 45.0. The number of rotatable bonds is 26. The van der Waals surface area contributed by atoms with Gasteiger partial charge in [-0.25, -0.2) is 19.2 Å². The summed E-state index contributed by atoms with van der Waals surface area (Å²) in [4.78, 5) is 72.1. The summed E-state index contributed by atoms with van der Waals surface area (Å²) in [6, 6.07) is 9.62. The molecule has 2 heterocycles. The van der Waals surface area contributed by atoms with E-state index < -0.39 is 94.0 Å². The van der Waals surface area contributed by atoms with Gasteiger partial charge in [0.25, 0.3) is 5.60 Å². The first kappa shape index (κ1) is 60.2. The average molecular weight is 990 g/mol. The lowest BCUT2D eigenvalue weighted by atomic mass is 9.74. The van der Waals surface area contributed by atoms with Crippen molar-refractivity contribution in [1.29, 1.82) is 0 Å². The zero-order chi connectivity index (χ0) is 52.9. The van der Waals surface area contributed by atoms with Gasteiger partial charge in [-0.15, -0.1) is 0 Å². The molecule has 3 rings (SSSR count). The number of methoxy groups -OCH3 is 1. The van der Waals surface area contributed by atoms with Gasteiger partial charge in [0, 0.05) is 32.9 Å². The molecule has 0 aromatic heterocycles. The summed E-state index contributed by atoms with van der Waals surface area (Å²) in [5, 5.41) is 16.2. The van der Waals surface area contributed by atoms with Gasteiger partial charge in [0.05, 0.1) is 0 Å². The van der Waals surface area contributed by atoms with Gasteiger partial charge in [0.2, 0.25) is 17.5 Å². The molecule has 0 aliphatic carbocycles. The van der Waals surface area contributed by atoms with Gasteiger partial charge < -0.3 is 53.1 Å². The number of ether oxygens (including phenoxy) is 9. The molecule has 1 aromatic rings. The average Bonchev–Trinajstić information content (AvgIpc) is 3.46. The van der Waals surface area contributed by atoms with Crippen molar-refractivity contribution in [2.75, 3.05) is 13.7 Å². The number of hydrogen-bond donors (Lipinski definition) is 2. The normalized spacial score (nSPS) is 24.5. The molecule has 16 nitrogen and oxygen atoms in total. The molecule has 70 heavy (non-hydrogen) atoms. The van der Waals surface area contributed by atoms with Gasteiger partial charge in [-0.1, -0.05) is 109 Å². The molecule has 8 atom stereocenters. The molecule has 2 aliphatic rings. The summed E-state index contributed by atoms with van der Waals surface area (Å²) >= 11 is 0. The Labute approximate surface area is 417 Å². The molecule has 2 bridgehead atoms. The monoisotopic (exact) mass is 990 g/mol. The van der Waals surface area contributed by atoms with Gasteiger partial charge in [-0.2, -0.15) is 0 Å². The summed E-state index contributed by atoms with van der Waals surface area (Å²) < 4.78 is 55.8. The Hall–Kier alpha value is -4.09. The van der Waals surface area contributed by atoms with E-state index in [4.69, 9.17) is 42.6 Å². The fraction of sp³-hybridized carbons (Fsp3) is 0.759. The number of carbonyl (C=O) groups excluding carboxylic acids is 5. The predicted molar refractivity (Wildman–Crippen MR) is 263 cm³/mol. The number of esters is 4. The SMILES string of the molecule is C=C(CC[C@@]12O[C@H](C(=O)OC(C)(C)C)[C@@](O)(C(=O)OC(C)(C)C)[C@@](C(=O)OC(C)(C)C)(O1)[C@H](OC(=O)NCCCCCCCCCCCC)[C@H]2OC(C)(C)OC)C(OC(C)=O)C(C)Cc1ccccc1. The minimum atomic E-state index is -3.51. The van der Waals surface area contributed by atoms with Crippen molar-refractivity contribution in [3.05, 3.63) is 48.0 Å². The maximum Gasteiger partial charge on any atom is 0.407 e. The molecule has 2 aliphatic heterocycles. The number of benzene rings is 1. The van der Waals surface area contributed by atoms with Crippen molar-refractivity contribution in [3.8, 4) is 0 Å². The number of nitrogens with one attached hydrogen (secondary N) is 1. The second-order valence-electron chi connectivity index (χ2n) is 22.4. The van der Waals surface area contributed by atoms with E-state index in [2.05, 4.69) is 18.8 Å². The Morgan fingerprint density at radius 2 is 1.30 bits per heavy atom. The van der Waals surface area contributed by atoms with Crippen LogP contribution in [0.1, 0.15) is 180 Å². The Balaban J connectivity index is 2.29. The fourth-order valence-electron chi connectivity index (χ4n) is 8.77. The minimum Gasteiger partial charge on any atom is -0.458 e. The van der Waals surface area contributed by atoms with Gasteiger partial charge in [0.1, 0.15) is 22.9 Å². The molecule has 16 heteroatoms. The van der Waals surface area contributed by atoms with Crippen molar-refractivity contribution < 1.29 is 71.7 Å². The first-order valence-electron chi connectivity index (χ1n) is 25.2. The number of alkyl carbamates (subject to hydrolysis) is 1. The van der Waals surface area contributed by atoms with E-state index in [1.807, 2.05) is 37.3 Å². The van der Waals surface area contributed by atoms with Crippen molar-refractivity contribution in [3.63, 3.8) is 0 Å². The maximum atomic E-state index is 15.4. The highest BCUT2D eigenvalue weighted by molar-refractivity contribution is 6.00. The lowest BCUT2D eigenvalue weighted by molar-refractivity contribution is -0.387. The molecular weight excluding hydrogens is 903 g/mol. The van der Waals surface area contributed by atoms with Crippen molar-refractivity contribution >= 4 is 30.0 Å². The van der Waals surface area contributed by atoms with E-state index in [9.17, 15) is 24.3 Å². The van der Waals surface area contributed by atoms with Gasteiger partial charge in [-0.05, 0) is 107 Å². The van der Waals surface area contributed by atoms with Gasteiger partial charge in [-0.3, -0.25) is 4.79 Å². The van der Waals surface area contributed by atoms with E-state index in [1.54, 1.807) is 41.5 Å². The number of amides is 1. The maximum absolute atomic E-state index is 15.4. The molecule has 0 spiro atoms. The molecule has 1 amide bonds. The first-order valence-corrected chi connectivity index (χ1v) is 25.2. The molecule has 0 radical (unpaired) electrons. The number of unbranched alkanes of at least 4 members (excludes halogenated alkanes) is 9. The molecule has 0 saturated carbocycles. The lowest BCUT2D eigenvalue weighted by Gasteiger charge is -2.51. The summed E-state index contributed by atoms with van der Waals surface area (Å²) in [7, 11) is 1.36. The van der Waals surface area contributed by atoms with Gasteiger partial charge in [0.15, 0.2) is 18.0 Å². The number of hydrogen-bond acceptors (Lipinski definition) is 15. The van der Waals surface area contributed by atoms with Crippen LogP contribution in [-0.2, 0) is 68.2 Å². The molecule has 2 unspecified atom stereocenters. The van der Waals surface area contributed by atoms with Crippen LogP contribution in [0.4, 0.5) is 4.79 Å². The fourth-order valence-corrected chi connectivity index (χ4v) is 8.77. The highest BCUT2D eigenvalue weighted by Crippen LogP contribution is 2.59. The van der Waals surface area contributed by atoms with Crippen LogP contribution in [-0.4, -0.2) is 113 Å². The Morgan fingerprint density at radius 1 is 0.771 bits per heavy atom. The quantitative estimate of drug-likeness (QED) is 0.0292. The Kier molecular flexibility index (Phi) is 21.5. The van der Waals surface area contributed by atoms with Crippen LogP contribution in [0.25, 0.3) is 0 Å². The van der Waals surface area contributed by atoms with Gasteiger partial charge >= 0.3 is 30.0 Å². The first-order chi connectivity index (χ1) is 32.4. The summed E-state index contributed by atoms with van der Waals surface area (Å²) in [5.74, 6) is -9.09. The summed E-state index contributed by atoms with van der Waals surface area (Å²) in [5.41, 5.74) is -9.23. The van der Waals surface area contributed by atoms with E-state index in [0.29, 0.717) is 18.4 Å². The number of fused-ring (bicyclic) bond motifs is 2. The zero-order valence-electron chi connectivity index (χ0n) is 45.0. The van der Waals surface area contributed by atoms with Crippen LogP contribution in [0.2, 0.25) is 0 Å². The van der Waals surface area contributed by atoms with E-state index in [1.165, 1.54) is 80.8 Å². The third kappa shape index (κ3) is 16.5. The molecule has 2 saturated heterocycles. The summed E-state index contributed by atoms with van der Waals surface area (Å²) in [6.45, 7) is 26.9. The third-order valence-corrected chi connectivity index (χ3v) is 12.1. The van der Waals surface area contributed by atoms with Crippen LogP contribution in [0.5, 0.6) is 0 Å². The van der Waals surface area contributed by atoms with Crippen LogP contribution < -0.4 is 5.32 Å².